The van der Waals surface area contributed by atoms with E-state index in [9.17, 15) is 4.79 Å². The van der Waals surface area contributed by atoms with E-state index in [4.69, 9.17) is 11.6 Å². The van der Waals surface area contributed by atoms with Crippen molar-refractivity contribution in [3.63, 3.8) is 0 Å². The first-order valence-electron chi connectivity index (χ1n) is 4.02. The van der Waals surface area contributed by atoms with Crippen LogP contribution >= 0.6 is 11.6 Å². The SMILES string of the molecule is CCCn1c(C)cc(Cl)cc1=O. The zero-order chi connectivity index (χ0) is 9.14. The molecule has 0 N–H and O–H groups in total. The lowest BCUT2D eigenvalue weighted by atomic mass is 10.3. The predicted octanol–water partition coefficient (Wildman–Crippen LogP) is 2.22. The minimum absolute atomic E-state index is 0.0122. The molecule has 0 radical (unpaired) electrons. The van der Waals surface area contributed by atoms with Crippen LogP contribution in [0.15, 0.2) is 16.9 Å². The van der Waals surface area contributed by atoms with Gasteiger partial charge in [0, 0.05) is 23.3 Å². The van der Waals surface area contributed by atoms with Gasteiger partial charge in [-0.25, -0.2) is 0 Å². The van der Waals surface area contributed by atoms with E-state index in [1.165, 1.54) is 6.07 Å². The van der Waals surface area contributed by atoms with Crippen molar-refractivity contribution in [3.05, 3.63) is 33.2 Å². The highest BCUT2D eigenvalue weighted by molar-refractivity contribution is 6.30. The number of aromatic nitrogens is 1. The predicted molar refractivity (Wildman–Crippen MR) is 50.7 cm³/mol. The van der Waals surface area contributed by atoms with Gasteiger partial charge in [-0.3, -0.25) is 4.79 Å². The third kappa shape index (κ3) is 1.89. The van der Waals surface area contributed by atoms with Gasteiger partial charge in [0.15, 0.2) is 0 Å². The van der Waals surface area contributed by atoms with Crippen LogP contribution in [-0.2, 0) is 6.54 Å². The van der Waals surface area contributed by atoms with Gasteiger partial charge < -0.3 is 4.57 Å². The molecule has 1 aromatic rings. The quantitative estimate of drug-likeness (QED) is 0.693. The van der Waals surface area contributed by atoms with Gasteiger partial charge in [-0.15, -0.1) is 0 Å². The first-order chi connectivity index (χ1) is 5.65. The molecule has 2 nitrogen and oxygen atoms in total. The van der Waals surface area contributed by atoms with Crippen molar-refractivity contribution in [1.82, 2.24) is 4.57 Å². The Kier molecular flexibility index (Phi) is 2.93. The first kappa shape index (κ1) is 9.33. The molecule has 0 saturated carbocycles. The first-order valence-corrected chi connectivity index (χ1v) is 4.40. The van der Waals surface area contributed by atoms with E-state index in [-0.39, 0.29) is 5.56 Å². The van der Waals surface area contributed by atoms with Gasteiger partial charge in [0.1, 0.15) is 0 Å². The molecule has 0 saturated heterocycles. The van der Waals surface area contributed by atoms with Crippen LogP contribution < -0.4 is 5.56 Å². The van der Waals surface area contributed by atoms with Gasteiger partial charge in [0.05, 0.1) is 0 Å². The molecule has 0 atom stereocenters. The van der Waals surface area contributed by atoms with Gasteiger partial charge in [0.25, 0.3) is 5.56 Å². The molecule has 0 aliphatic carbocycles. The van der Waals surface area contributed by atoms with Crippen molar-refractivity contribution >= 4 is 11.6 Å². The minimum Gasteiger partial charge on any atom is -0.313 e. The molecule has 0 bridgehead atoms. The van der Waals surface area contributed by atoms with Gasteiger partial charge in [0.2, 0.25) is 0 Å². The van der Waals surface area contributed by atoms with Gasteiger partial charge >= 0.3 is 0 Å². The third-order valence-electron chi connectivity index (χ3n) is 1.75. The standard InChI is InChI=1S/C9H12ClNO/c1-3-4-11-7(2)5-8(10)6-9(11)12/h5-6H,3-4H2,1-2H3. The highest BCUT2D eigenvalue weighted by atomic mass is 35.5. The second kappa shape index (κ2) is 3.76. The zero-order valence-electron chi connectivity index (χ0n) is 7.30. The fourth-order valence-electron chi connectivity index (χ4n) is 1.20. The van der Waals surface area contributed by atoms with Crippen LogP contribution in [-0.4, -0.2) is 4.57 Å². The second-order valence-electron chi connectivity index (χ2n) is 2.80. The number of hydrogen-bond donors (Lipinski definition) is 0. The Hall–Kier alpha value is -0.760. The Morgan fingerprint density at radius 1 is 1.50 bits per heavy atom. The average Bonchev–Trinajstić information content (AvgIpc) is 1.96. The van der Waals surface area contributed by atoms with Crippen LogP contribution in [0.3, 0.4) is 0 Å². The average molecular weight is 186 g/mol. The van der Waals surface area contributed by atoms with Crippen molar-refractivity contribution in [2.75, 3.05) is 0 Å². The topological polar surface area (TPSA) is 22.0 Å². The van der Waals surface area contributed by atoms with Crippen LogP contribution in [0, 0.1) is 6.92 Å². The highest BCUT2D eigenvalue weighted by Gasteiger charge is 1.99. The molecule has 0 unspecified atom stereocenters. The molecule has 12 heavy (non-hydrogen) atoms. The van der Waals surface area contributed by atoms with E-state index in [1.807, 2.05) is 13.8 Å². The Bertz CT molecular complexity index is 330. The van der Waals surface area contributed by atoms with E-state index in [2.05, 4.69) is 0 Å². The molecule has 0 aliphatic heterocycles. The minimum atomic E-state index is -0.0122. The summed E-state index contributed by atoms with van der Waals surface area (Å²) in [5.41, 5.74) is 0.913. The van der Waals surface area contributed by atoms with Gasteiger partial charge in [-0.1, -0.05) is 18.5 Å². The summed E-state index contributed by atoms with van der Waals surface area (Å²) in [5.74, 6) is 0. The molecule has 1 aromatic heterocycles. The molecule has 1 heterocycles. The van der Waals surface area contributed by atoms with Crippen molar-refractivity contribution in [3.8, 4) is 0 Å². The summed E-state index contributed by atoms with van der Waals surface area (Å²) < 4.78 is 1.73. The van der Waals surface area contributed by atoms with Crippen LogP contribution in [0.4, 0.5) is 0 Å². The monoisotopic (exact) mass is 185 g/mol. The van der Waals surface area contributed by atoms with E-state index < -0.39 is 0 Å². The van der Waals surface area contributed by atoms with Crippen molar-refractivity contribution < 1.29 is 0 Å². The summed E-state index contributed by atoms with van der Waals surface area (Å²) in [6.07, 6.45) is 0.961. The molecule has 0 aliphatic rings. The lowest BCUT2D eigenvalue weighted by Crippen LogP contribution is -2.20. The summed E-state index contributed by atoms with van der Waals surface area (Å²) >= 11 is 5.71. The third-order valence-corrected chi connectivity index (χ3v) is 1.97. The van der Waals surface area contributed by atoms with E-state index in [0.717, 1.165) is 18.7 Å². The lowest BCUT2D eigenvalue weighted by molar-refractivity contribution is 0.635. The number of aryl methyl sites for hydroxylation is 1. The fourth-order valence-corrected chi connectivity index (χ4v) is 1.45. The number of rotatable bonds is 2. The van der Waals surface area contributed by atoms with E-state index >= 15 is 0 Å². The van der Waals surface area contributed by atoms with Gasteiger partial charge in [-0.2, -0.15) is 0 Å². The number of halogens is 1. The fraction of sp³-hybridized carbons (Fsp3) is 0.444. The summed E-state index contributed by atoms with van der Waals surface area (Å²) in [5, 5.41) is 0.518. The molecule has 1 rings (SSSR count). The summed E-state index contributed by atoms with van der Waals surface area (Å²) in [4.78, 5) is 11.3. The molecule has 66 valence electrons. The zero-order valence-corrected chi connectivity index (χ0v) is 8.06. The number of nitrogens with zero attached hydrogens (tertiary/aromatic N) is 1. The molecular weight excluding hydrogens is 174 g/mol. The van der Waals surface area contributed by atoms with E-state index in [1.54, 1.807) is 10.6 Å². The molecular formula is C9H12ClNO. The lowest BCUT2D eigenvalue weighted by Gasteiger charge is -2.07. The molecule has 0 spiro atoms. The largest absolute Gasteiger partial charge is 0.313 e. The Morgan fingerprint density at radius 3 is 2.67 bits per heavy atom. The van der Waals surface area contributed by atoms with Gasteiger partial charge in [-0.05, 0) is 19.4 Å². The smallest absolute Gasteiger partial charge is 0.252 e. The molecule has 0 amide bonds. The molecule has 0 aromatic carbocycles. The maximum absolute atomic E-state index is 11.3. The summed E-state index contributed by atoms with van der Waals surface area (Å²) in [7, 11) is 0. The normalized spacial score (nSPS) is 10.2. The summed E-state index contributed by atoms with van der Waals surface area (Å²) in [6.45, 7) is 4.70. The van der Waals surface area contributed by atoms with Crippen LogP contribution in [0.1, 0.15) is 19.0 Å². The maximum atomic E-state index is 11.3. The number of pyridine rings is 1. The molecule has 0 fully saturated rings. The van der Waals surface area contributed by atoms with Crippen molar-refractivity contribution in [2.24, 2.45) is 0 Å². The summed E-state index contributed by atoms with van der Waals surface area (Å²) in [6, 6.07) is 3.25. The Balaban J connectivity index is 3.19. The Morgan fingerprint density at radius 2 is 2.17 bits per heavy atom. The number of hydrogen-bond acceptors (Lipinski definition) is 1. The van der Waals surface area contributed by atoms with Crippen LogP contribution in [0.5, 0.6) is 0 Å². The van der Waals surface area contributed by atoms with Crippen LogP contribution in [0.2, 0.25) is 5.02 Å². The van der Waals surface area contributed by atoms with E-state index in [0.29, 0.717) is 5.02 Å². The van der Waals surface area contributed by atoms with Crippen LogP contribution in [0.25, 0.3) is 0 Å². The molecule has 3 heteroatoms. The highest BCUT2D eigenvalue weighted by Crippen LogP contribution is 2.06. The maximum Gasteiger partial charge on any atom is 0.252 e. The second-order valence-corrected chi connectivity index (χ2v) is 3.24. The van der Waals surface area contributed by atoms with Crippen molar-refractivity contribution in [2.45, 2.75) is 26.8 Å². The Labute approximate surface area is 76.8 Å². The van der Waals surface area contributed by atoms with Crippen molar-refractivity contribution in [1.29, 1.82) is 0 Å².